The molecule has 1 amide bonds. The quantitative estimate of drug-likeness (QED) is 0.615. The van der Waals surface area contributed by atoms with Gasteiger partial charge in [-0.2, -0.15) is 0 Å². The third-order valence-corrected chi connectivity index (χ3v) is 3.44. The Labute approximate surface area is 144 Å². The lowest BCUT2D eigenvalue weighted by Gasteiger charge is -2.16. The number of hydrogen-bond acceptors (Lipinski definition) is 5. The number of anilines is 1. The lowest BCUT2D eigenvalue weighted by molar-refractivity contribution is -0.384. The fourth-order valence-electron chi connectivity index (χ4n) is 2.29. The number of nitrogens with zero attached hydrogens (tertiary/aromatic N) is 2. The lowest BCUT2D eigenvalue weighted by Crippen LogP contribution is -2.29. The first-order chi connectivity index (χ1) is 11.9. The maximum Gasteiger partial charge on any atom is 0.269 e. The van der Waals surface area contributed by atoms with Crippen LogP contribution in [0, 0.1) is 15.9 Å². The van der Waals surface area contributed by atoms with Gasteiger partial charge in [0.1, 0.15) is 0 Å². The van der Waals surface area contributed by atoms with Crippen molar-refractivity contribution in [2.24, 2.45) is 0 Å². The van der Waals surface area contributed by atoms with Crippen molar-refractivity contribution in [2.45, 2.75) is 6.54 Å². The van der Waals surface area contributed by atoms with E-state index in [1.165, 1.54) is 43.5 Å². The van der Waals surface area contributed by atoms with E-state index in [4.69, 9.17) is 4.74 Å². The molecule has 0 bridgehead atoms. The highest BCUT2D eigenvalue weighted by Crippen LogP contribution is 2.18. The van der Waals surface area contributed by atoms with Gasteiger partial charge in [-0.3, -0.25) is 19.8 Å². The van der Waals surface area contributed by atoms with Crippen molar-refractivity contribution in [1.82, 2.24) is 4.90 Å². The van der Waals surface area contributed by atoms with Crippen LogP contribution in [0.25, 0.3) is 0 Å². The molecule has 25 heavy (non-hydrogen) atoms. The second-order valence-electron chi connectivity index (χ2n) is 5.49. The van der Waals surface area contributed by atoms with E-state index in [2.05, 4.69) is 5.32 Å². The predicted octanol–water partition coefficient (Wildman–Crippen LogP) is 2.81. The van der Waals surface area contributed by atoms with Crippen molar-refractivity contribution in [3.63, 3.8) is 0 Å². The number of carbonyl (C=O) groups is 1. The summed E-state index contributed by atoms with van der Waals surface area (Å²) in [6.45, 7) is 0.471. The van der Waals surface area contributed by atoms with Gasteiger partial charge in [0.25, 0.3) is 5.69 Å². The summed E-state index contributed by atoms with van der Waals surface area (Å²) in [4.78, 5) is 23.8. The van der Waals surface area contributed by atoms with Gasteiger partial charge >= 0.3 is 0 Å². The molecule has 132 valence electrons. The SMILES string of the molecule is COc1ccc(CN(C)CC(=O)Nc2ccc([N+](=O)[O-])cc2)cc1F. The zero-order chi connectivity index (χ0) is 18.4. The standard InChI is InChI=1S/C17H18FN3O4/c1-20(10-12-3-8-16(25-2)15(18)9-12)11-17(22)19-13-4-6-14(7-5-13)21(23)24/h3-9H,10-11H2,1-2H3,(H,19,22). The Hall–Kier alpha value is -3.00. The number of nitro benzene ring substituents is 1. The van der Waals surface area contributed by atoms with E-state index in [0.29, 0.717) is 17.8 Å². The number of carbonyl (C=O) groups excluding carboxylic acids is 1. The van der Waals surface area contributed by atoms with E-state index in [-0.39, 0.29) is 23.9 Å². The van der Waals surface area contributed by atoms with Crippen LogP contribution in [0.5, 0.6) is 5.75 Å². The van der Waals surface area contributed by atoms with Crippen molar-refractivity contribution in [2.75, 3.05) is 26.0 Å². The molecule has 7 nitrogen and oxygen atoms in total. The molecule has 0 spiro atoms. The van der Waals surface area contributed by atoms with Crippen molar-refractivity contribution in [1.29, 1.82) is 0 Å². The molecule has 0 unspecified atom stereocenters. The lowest BCUT2D eigenvalue weighted by atomic mass is 10.2. The average Bonchev–Trinajstić information content (AvgIpc) is 2.55. The second kappa shape index (κ2) is 8.20. The van der Waals surface area contributed by atoms with Crippen LogP contribution in [-0.2, 0) is 11.3 Å². The third kappa shape index (κ3) is 5.25. The summed E-state index contributed by atoms with van der Waals surface area (Å²) in [6, 6.07) is 10.2. The Morgan fingerprint density at radius 3 is 2.52 bits per heavy atom. The minimum absolute atomic E-state index is 0.0448. The van der Waals surface area contributed by atoms with Crippen LogP contribution in [0.1, 0.15) is 5.56 Å². The number of amides is 1. The monoisotopic (exact) mass is 347 g/mol. The van der Waals surface area contributed by atoms with Crippen LogP contribution in [0.2, 0.25) is 0 Å². The first kappa shape index (κ1) is 18.3. The number of benzene rings is 2. The summed E-state index contributed by atoms with van der Waals surface area (Å²) in [5.41, 5.74) is 1.14. The van der Waals surface area contributed by atoms with E-state index in [0.717, 1.165) is 0 Å². The van der Waals surface area contributed by atoms with Gasteiger partial charge in [0.2, 0.25) is 5.91 Å². The Balaban J connectivity index is 1.89. The van der Waals surface area contributed by atoms with E-state index < -0.39 is 10.7 Å². The van der Waals surface area contributed by atoms with Crippen LogP contribution in [0.15, 0.2) is 42.5 Å². The molecule has 0 saturated carbocycles. The molecular formula is C17H18FN3O4. The van der Waals surface area contributed by atoms with Crippen molar-refractivity contribution < 1.29 is 18.8 Å². The number of rotatable bonds is 7. The molecule has 0 aliphatic heterocycles. The summed E-state index contributed by atoms with van der Waals surface area (Å²) >= 11 is 0. The molecule has 2 aromatic rings. The maximum absolute atomic E-state index is 13.7. The molecule has 0 heterocycles. The Morgan fingerprint density at radius 2 is 1.96 bits per heavy atom. The third-order valence-electron chi connectivity index (χ3n) is 3.44. The van der Waals surface area contributed by atoms with Crippen molar-refractivity contribution in [3.05, 3.63) is 64.0 Å². The fourth-order valence-corrected chi connectivity index (χ4v) is 2.29. The molecule has 0 aromatic heterocycles. The molecule has 0 aliphatic rings. The number of hydrogen-bond donors (Lipinski definition) is 1. The summed E-state index contributed by atoms with van der Waals surface area (Å²) in [6.07, 6.45) is 0. The smallest absolute Gasteiger partial charge is 0.269 e. The molecule has 0 radical (unpaired) electrons. The highest BCUT2D eigenvalue weighted by Gasteiger charge is 2.11. The number of non-ortho nitro benzene ring substituents is 1. The maximum atomic E-state index is 13.7. The van der Waals surface area contributed by atoms with E-state index >= 15 is 0 Å². The van der Waals surface area contributed by atoms with Crippen LogP contribution in [0.4, 0.5) is 15.8 Å². The minimum Gasteiger partial charge on any atom is -0.494 e. The first-order valence-electron chi connectivity index (χ1n) is 7.44. The minimum atomic E-state index is -0.507. The highest BCUT2D eigenvalue weighted by atomic mass is 19.1. The molecule has 0 aliphatic carbocycles. The van der Waals surface area contributed by atoms with Crippen LogP contribution < -0.4 is 10.1 Å². The van der Waals surface area contributed by atoms with Gasteiger partial charge in [-0.05, 0) is 36.9 Å². The first-order valence-corrected chi connectivity index (χ1v) is 7.44. The van der Waals surface area contributed by atoms with Crippen molar-refractivity contribution in [3.8, 4) is 5.75 Å². The van der Waals surface area contributed by atoms with E-state index in [1.54, 1.807) is 18.0 Å². The van der Waals surface area contributed by atoms with Gasteiger partial charge in [-0.15, -0.1) is 0 Å². The topological polar surface area (TPSA) is 84.7 Å². The Kier molecular flexibility index (Phi) is 6.02. The van der Waals surface area contributed by atoms with Gasteiger partial charge in [0.15, 0.2) is 11.6 Å². The number of halogens is 1. The molecule has 8 heteroatoms. The predicted molar refractivity (Wildman–Crippen MR) is 91.0 cm³/mol. The molecule has 2 rings (SSSR count). The molecule has 0 atom stereocenters. The number of nitro groups is 1. The van der Waals surface area contributed by atoms with Gasteiger partial charge in [-0.1, -0.05) is 6.07 Å². The number of methoxy groups -OCH3 is 1. The number of ether oxygens (including phenoxy) is 1. The molecule has 0 saturated heterocycles. The molecular weight excluding hydrogens is 329 g/mol. The Morgan fingerprint density at radius 1 is 1.28 bits per heavy atom. The fraction of sp³-hybridized carbons (Fsp3) is 0.235. The van der Waals surface area contributed by atoms with Gasteiger partial charge < -0.3 is 10.1 Å². The second-order valence-corrected chi connectivity index (χ2v) is 5.49. The molecule has 1 N–H and O–H groups in total. The van der Waals surface area contributed by atoms with Crippen molar-refractivity contribution >= 4 is 17.3 Å². The van der Waals surface area contributed by atoms with Crippen LogP contribution in [-0.4, -0.2) is 36.4 Å². The van der Waals surface area contributed by atoms with E-state index in [9.17, 15) is 19.3 Å². The van der Waals surface area contributed by atoms with Gasteiger partial charge in [-0.25, -0.2) is 4.39 Å². The van der Waals surface area contributed by atoms with Gasteiger partial charge in [0.05, 0.1) is 18.6 Å². The van der Waals surface area contributed by atoms with E-state index in [1.807, 2.05) is 0 Å². The van der Waals surface area contributed by atoms with Crippen LogP contribution >= 0.6 is 0 Å². The summed E-state index contributed by atoms with van der Waals surface area (Å²) in [5.74, 6) is -0.559. The zero-order valence-electron chi connectivity index (χ0n) is 13.9. The summed E-state index contributed by atoms with van der Waals surface area (Å²) < 4.78 is 18.5. The highest BCUT2D eigenvalue weighted by molar-refractivity contribution is 5.92. The molecule has 0 fully saturated rings. The summed E-state index contributed by atoms with van der Waals surface area (Å²) in [5, 5.41) is 13.3. The normalized spacial score (nSPS) is 10.6. The van der Waals surface area contributed by atoms with Crippen LogP contribution in [0.3, 0.4) is 0 Å². The number of nitrogens with one attached hydrogen (secondary N) is 1. The Bertz CT molecular complexity index is 765. The zero-order valence-corrected chi connectivity index (χ0v) is 13.9. The molecule has 2 aromatic carbocycles. The average molecular weight is 347 g/mol. The largest absolute Gasteiger partial charge is 0.494 e. The summed E-state index contributed by atoms with van der Waals surface area (Å²) in [7, 11) is 3.13. The van der Waals surface area contributed by atoms with Gasteiger partial charge in [0, 0.05) is 24.4 Å². The number of likely N-dealkylation sites (N-methyl/N-ethyl adjacent to an activating group) is 1.